The Kier molecular flexibility index (Phi) is 11.2. The van der Waals surface area contributed by atoms with Gasteiger partial charge in [-0.3, -0.25) is 0 Å². The average Bonchev–Trinajstić information content (AvgIpc) is 3.54. The molecule has 2 radical (unpaired) electrons. The van der Waals surface area contributed by atoms with Gasteiger partial charge in [0.25, 0.3) is 0 Å². The summed E-state index contributed by atoms with van der Waals surface area (Å²) in [5, 5.41) is 5.62. The zero-order valence-corrected chi connectivity index (χ0v) is 29.2. The van der Waals surface area contributed by atoms with Crippen LogP contribution in [0.25, 0.3) is 33.0 Å². The molecular formula is C36H36Cl2SiZr. The number of aryl methyl sites for hydroxylation is 2. The Morgan fingerprint density at radius 3 is 2.23 bits per heavy atom. The van der Waals surface area contributed by atoms with Crippen LogP contribution in [0.15, 0.2) is 84.9 Å². The quantitative estimate of drug-likeness (QED) is 0.131. The Balaban J connectivity index is 0.000000192. The summed E-state index contributed by atoms with van der Waals surface area (Å²) in [6.45, 7) is 13.6. The molecule has 1 aliphatic heterocycles. The third-order valence-corrected chi connectivity index (χ3v) is 8.96. The van der Waals surface area contributed by atoms with E-state index in [1.165, 1.54) is 72.1 Å². The molecule has 1 aliphatic rings. The Morgan fingerprint density at radius 2 is 1.55 bits per heavy atom. The fraction of sp³-hybridized carbons (Fsp3) is 0.250. The van der Waals surface area contributed by atoms with Crippen molar-refractivity contribution < 1.29 is 20.8 Å². The van der Waals surface area contributed by atoms with Gasteiger partial charge in [-0.1, -0.05) is 110 Å². The summed E-state index contributed by atoms with van der Waals surface area (Å²) in [5.41, 5.74) is 11.2. The van der Waals surface area contributed by atoms with Crippen molar-refractivity contribution >= 4 is 47.7 Å². The van der Waals surface area contributed by atoms with Gasteiger partial charge in [-0.15, -0.1) is 40.1 Å². The Bertz CT molecular complexity index is 1520. The zero-order chi connectivity index (χ0) is 28.8. The van der Waals surface area contributed by atoms with Crippen molar-refractivity contribution in [2.24, 2.45) is 0 Å². The molecule has 0 aromatic heterocycles. The van der Waals surface area contributed by atoms with E-state index in [-0.39, 0.29) is 0 Å². The number of hydrogen-bond donors (Lipinski definition) is 0. The molecule has 0 nitrogen and oxygen atoms in total. The van der Waals surface area contributed by atoms with Crippen molar-refractivity contribution in [1.82, 2.24) is 0 Å². The maximum absolute atomic E-state index is 4.93. The number of halogens is 2. The molecule has 0 aliphatic carbocycles. The molecule has 5 aromatic rings. The number of fused-ring (bicyclic) bond motifs is 4. The first kappa shape index (κ1) is 31.1. The van der Waals surface area contributed by atoms with Crippen LogP contribution in [0.3, 0.4) is 0 Å². The maximum Gasteiger partial charge on any atom is 0.0920 e. The Labute approximate surface area is 262 Å². The molecule has 0 spiro atoms. The van der Waals surface area contributed by atoms with Gasteiger partial charge in [0, 0.05) is 0 Å². The summed E-state index contributed by atoms with van der Waals surface area (Å²) >= 11 is -0.826. The monoisotopic (exact) mass is 656 g/mol. The van der Waals surface area contributed by atoms with Gasteiger partial charge in [0.15, 0.2) is 0 Å². The average molecular weight is 659 g/mol. The summed E-state index contributed by atoms with van der Waals surface area (Å²) in [4.78, 5) is 0. The van der Waals surface area contributed by atoms with Crippen LogP contribution in [-0.4, -0.2) is 9.52 Å². The normalized spacial score (nSPS) is 12.0. The molecule has 0 bridgehead atoms. The van der Waals surface area contributed by atoms with Crippen molar-refractivity contribution in [3.05, 3.63) is 113 Å². The molecule has 0 fully saturated rings. The van der Waals surface area contributed by atoms with Gasteiger partial charge < -0.3 is 0 Å². The van der Waals surface area contributed by atoms with E-state index >= 15 is 0 Å². The first-order valence-electron chi connectivity index (χ1n) is 13.9. The summed E-state index contributed by atoms with van der Waals surface area (Å²) in [5.74, 6) is 1.14. The van der Waals surface area contributed by atoms with Gasteiger partial charge in [-0.2, -0.15) is 35.5 Å². The van der Waals surface area contributed by atoms with Crippen LogP contribution >= 0.6 is 17.0 Å². The predicted molar refractivity (Wildman–Crippen MR) is 175 cm³/mol. The van der Waals surface area contributed by atoms with Crippen LogP contribution in [0.2, 0.25) is 0 Å². The van der Waals surface area contributed by atoms with E-state index in [2.05, 4.69) is 126 Å². The molecule has 1 atom stereocenters. The van der Waals surface area contributed by atoms with E-state index in [4.69, 9.17) is 17.0 Å². The molecule has 0 amide bonds. The molecule has 1 unspecified atom stereocenters. The number of hydrogen-bond acceptors (Lipinski definition) is 0. The van der Waals surface area contributed by atoms with Crippen molar-refractivity contribution in [2.45, 2.75) is 59.8 Å². The van der Waals surface area contributed by atoms with E-state index in [0.29, 0.717) is 11.8 Å². The van der Waals surface area contributed by atoms with Gasteiger partial charge in [0.1, 0.15) is 0 Å². The summed E-state index contributed by atoms with van der Waals surface area (Å²) in [6.07, 6.45) is 1.19. The number of benzene rings is 4. The fourth-order valence-electron chi connectivity index (χ4n) is 5.49. The molecule has 4 heteroatoms. The zero-order valence-electron chi connectivity index (χ0n) is 24.2. The minimum atomic E-state index is -0.826. The van der Waals surface area contributed by atoms with Gasteiger partial charge in [0.05, 0.1) is 9.52 Å². The molecule has 40 heavy (non-hydrogen) atoms. The van der Waals surface area contributed by atoms with Gasteiger partial charge in [-0.05, 0) is 31.2 Å². The van der Waals surface area contributed by atoms with Crippen LogP contribution in [0, 0.1) is 19.9 Å². The standard InChI is InChI=1S/C24H29.C12H7Si.2ClH.Zr/c1-7-18(6)20-13-19-8-9-22(15(2)3)24(23(19)14-20)21-11-16(4)10-17(5)12-21;1-3-7-11-9(5-1)10-6-2-4-8-12(10)13-11;;;/h8-15,18H,7H2,1-6H3;1-7H;2*1H;/q2*-1;;;+4/p-2. The second kappa shape index (κ2) is 14.4. The molecule has 0 saturated carbocycles. The van der Waals surface area contributed by atoms with Crippen LogP contribution in [0.1, 0.15) is 68.2 Å². The second-order valence-electron chi connectivity index (χ2n) is 10.9. The van der Waals surface area contributed by atoms with Gasteiger partial charge >= 0.3 is 37.9 Å². The predicted octanol–water partition coefficient (Wildman–Crippen LogP) is 9.98. The SMILES string of the molecule is CCC(C)c1cc2c(-c3cc(C)cc(C)c3)c(C(C)C)ccc2[cH-]1.[Cl][Zr+2][Cl].[c-]1cccc2c1[Si]c1ccccc1-2. The van der Waals surface area contributed by atoms with Crippen LogP contribution in [-0.2, 0) is 20.8 Å². The van der Waals surface area contributed by atoms with E-state index in [1.807, 2.05) is 6.07 Å². The van der Waals surface area contributed by atoms with Gasteiger partial charge in [-0.25, -0.2) is 0 Å². The van der Waals surface area contributed by atoms with E-state index in [1.54, 1.807) is 0 Å². The molecule has 5 aromatic carbocycles. The maximum atomic E-state index is 4.93. The number of rotatable bonds is 4. The minimum Gasteiger partial charge on any atom is -0.184 e. The third kappa shape index (κ3) is 7.14. The molecule has 0 saturated heterocycles. The summed E-state index contributed by atoms with van der Waals surface area (Å²) in [6, 6.07) is 34.6. The molecular weight excluding hydrogens is 623 g/mol. The van der Waals surface area contributed by atoms with Crippen molar-refractivity contribution in [1.29, 1.82) is 0 Å². The molecule has 202 valence electrons. The summed E-state index contributed by atoms with van der Waals surface area (Å²) in [7, 11) is 10.7. The van der Waals surface area contributed by atoms with Crippen LogP contribution < -0.4 is 10.4 Å². The first-order chi connectivity index (χ1) is 19.3. The molecule has 6 rings (SSSR count). The van der Waals surface area contributed by atoms with E-state index in [9.17, 15) is 0 Å². The van der Waals surface area contributed by atoms with Crippen molar-refractivity contribution in [3.63, 3.8) is 0 Å². The Hall–Kier alpha value is -1.83. The first-order valence-corrected chi connectivity index (χ1v) is 21.3. The van der Waals surface area contributed by atoms with E-state index in [0.717, 1.165) is 9.52 Å². The molecule has 0 N–H and O–H groups in total. The summed E-state index contributed by atoms with van der Waals surface area (Å²) < 4.78 is 0. The van der Waals surface area contributed by atoms with Crippen LogP contribution in [0.5, 0.6) is 0 Å². The largest absolute Gasteiger partial charge is 0.184 e. The van der Waals surface area contributed by atoms with E-state index < -0.39 is 20.8 Å². The van der Waals surface area contributed by atoms with Crippen molar-refractivity contribution in [3.8, 4) is 22.3 Å². The smallest absolute Gasteiger partial charge is 0.0920 e. The topological polar surface area (TPSA) is 0 Å². The fourth-order valence-corrected chi connectivity index (χ4v) is 6.80. The van der Waals surface area contributed by atoms with Crippen molar-refractivity contribution in [2.75, 3.05) is 0 Å². The third-order valence-electron chi connectivity index (χ3n) is 7.59. The molecule has 1 heterocycles. The minimum absolute atomic E-state index is 0.521. The second-order valence-corrected chi connectivity index (χ2v) is 15.9. The van der Waals surface area contributed by atoms with Gasteiger partial charge in [0.2, 0.25) is 0 Å². The Morgan fingerprint density at radius 1 is 0.875 bits per heavy atom. The van der Waals surface area contributed by atoms with Crippen LogP contribution in [0.4, 0.5) is 0 Å².